The Morgan fingerprint density at radius 1 is 1.28 bits per heavy atom. The number of anilines is 1. The van der Waals surface area contributed by atoms with Crippen molar-refractivity contribution in [3.05, 3.63) is 28.2 Å². The first kappa shape index (κ1) is 13.8. The first-order valence-corrected chi connectivity index (χ1v) is 8.48. The van der Waals surface area contributed by atoms with Crippen LogP contribution in [-0.4, -0.2) is 38.1 Å². The Labute approximate surface area is 116 Å². The molecule has 1 heterocycles. The fourth-order valence-electron chi connectivity index (χ4n) is 2.08. The number of rotatable bonds is 2. The van der Waals surface area contributed by atoms with Crippen LogP contribution in [0.5, 0.6) is 0 Å². The highest BCUT2D eigenvalue weighted by Crippen LogP contribution is 2.28. The van der Waals surface area contributed by atoms with Gasteiger partial charge in [0.15, 0.2) is 9.84 Å². The van der Waals surface area contributed by atoms with Crippen molar-refractivity contribution in [2.45, 2.75) is 13.0 Å². The van der Waals surface area contributed by atoms with Crippen molar-refractivity contribution in [1.82, 2.24) is 0 Å². The average molecular weight is 334 g/mol. The standard InChI is InChI=1S/C12H16BrNO3S/c13-11-8-10(9-15)2-3-12(11)14-4-1-6-18(16,17)7-5-14/h2-3,8,15H,1,4-7,9H2. The lowest BCUT2D eigenvalue weighted by Crippen LogP contribution is -2.27. The van der Waals surface area contributed by atoms with Crippen LogP contribution >= 0.6 is 15.9 Å². The average Bonchev–Trinajstić information content (AvgIpc) is 2.50. The Balaban J connectivity index is 2.21. The molecule has 1 aromatic rings. The minimum absolute atomic E-state index is 0.00720. The SMILES string of the molecule is O=S1(=O)CCCN(c2ccc(CO)cc2Br)CC1. The van der Waals surface area contributed by atoms with E-state index in [1.807, 2.05) is 18.2 Å². The lowest BCUT2D eigenvalue weighted by molar-refractivity contribution is 0.282. The normalized spacial score (nSPS) is 19.6. The molecular formula is C12H16BrNO3S. The fraction of sp³-hybridized carbons (Fsp3) is 0.500. The molecule has 1 N–H and O–H groups in total. The van der Waals surface area contributed by atoms with E-state index in [4.69, 9.17) is 5.11 Å². The molecule has 0 saturated carbocycles. The second-order valence-corrected chi connectivity index (χ2v) is 7.59. The monoisotopic (exact) mass is 333 g/mol. The lowest BCUT2D eigenvalue weighted by atomic mass is 10.2. The Morgan fingerprint density at radius 2 is 2.06 bits per heavy atom. The molecular weight excluding hydrogens is 318 g/mol. The number of benzene rings is 1. The van der Waals surface area contributed by atoms with Gasteiger partial charge in [0.25, 0.3) is 0 Å². The Hall–Kier alpha value is -0.590. The molecule has 0 bridgehead atoms. The van der Waals surface area contributed by atoms with E-state index in [0.29, 0.717) is 13.0 Å². The van der Waals surface area contributed by atoms with Crippen molar-refractivity contribution in [2.24, 2.45) is 0 Å². The van der Waals surface area contributed by atoms with Crippen LogP contribution in [0, 0.1) is 0 Å². The summed E-state index contributed by atoms with van der Waals surface area (Å²) in [7, 11) is -2.88. The fourth-order valence-corrected chi connectivity index (χ4v) is 4.03. The van der Waals surface area contributed by atoms with Gasteiger partial charge in [-0.2, -0.15) is 0 Å². The lowest BCUT2D eigenvalue weighted by Gasteiger charge is -2.23. The highest BCUT2D eigenvalue weighted by atomic mass is 79.9. The van der Waals surface area contributed by atoms with E-state index < -0.39 is 9.84 Å². The molecule has 6 heteroatoms. The molecule has 1 aromatic carbocycles. The Bertz CT molecular complexity index is 530. The highest BCUT2D eigenvalue weighted by Gasteiger charge is 2.20. The second-order valence-electron chi connectivity index (χ2n) is 4.44. The number of hydrogen-bond donors (Lipinski definition) is 1. The molecule has 1 aliphatic rings. The summed E-state index contributed by atoms with van der Waals surface area (Å²) in [5, 5.41) is 9.06. The minimum atomic E-state index is -2.88. The van der Waals surface area contributed by atoms with Crippen molar-refractivity contribution in [1.29, 1.82) is 0 Å². The quantitative estimate of drug-likeness (QED) is 0.892. The largest absolute Gasteiger partial charge is 0.392 e. The second kappa shape index (κ2) is 5.59. The summed E-state index contributed by atoms with van der Waals surface area (Å²) in [6, 6.07) is 5.65. The zero-order valence-corrected chi connectivity index (χ0v) is 12.4. The maximum atomic E-state index is 11.6. The van der Waals surface area contributed by atoms with Crippen LogP contribution in [0.25, 0.3) is 0 Å². The molecule has 0 atom stereocenters. The molecule has 0 aromatic heterocycles. The Kier molecular flexibility index (Phi) is 4.29. The van der Waals surface area contributed by atoms with Gasteiger partial charge in [0, 0.05) is 17.6 Å². The first-order chi connectivity index (χ1) is 8.52. The summed E-state index contributed by atoms with van der Waals surface area (Å²) in [5.41, 5.74) is 1.83. The van der Waals surface area contributed by atoms with E-state index >= 15 is 0 Å². The molecule has 0 unspecified atom stereocenters. The van der Waals surface area contributed by atoms with E-state index in [-0.39, 0.29) is 18.1 Å². The van der Waals surface area contributed by atoms with Crippen LogP contribution in [0.4, 0.5) is 5.69 Å². The zero-order valence-electron chi connectivity index (χ0n) is 9.97. The third kappa shape index (κ3) is 3.24. The minimum Gasteiger partial charge on any atom is -0.392 e. The van der Waals surface area contributed by atoms with Gasteiger partial charge in [-0.1, -0.05) is 6.07 Å². The molecule has 1 aliphatic heterocycles. The molecule has 18 heavy (non-hydrogen) atoms. The van der Waals surface area contributed by atoms with Crippen LogP contribution in [0.15, 0.2) is 22.7 Å². The third-order valence-corrected chi connectivity index (χ3v) is 5.44. The number of hydrogen-bond acceptors (Lipinski definition) is 4. The van der Waals surface area contributed by atoms with Gasteiger partial charge in [-0.15, -0.1) is 0 Å². The predicted molar refractivity (Wildman–Crippen MR) is 75.5 cm³/mol. The topological polar surface area (TPSA) is 57.6 Å². The maximum absolute atomic E-state index is 11.6. The van der Waals surface area contributed by atoms with E-state index in [0.717, 1.165) is 22.3 Å². The summed E-state index contributed by atoms with van der Waals surface area (Å²) in [4.78, 5) is 2.08. The molecule has 0 amide bonds. The van der Waals surface area contributed by atoms with Crippen molar-refractivity contribution in [3.8, 4) is 0 Å². The first-order valence-electron chi connectivity index (χ1n) is 5.86. The van der Waals surface area contributed by atoms with Crippen LogP contribution < -0.4 is 4.90 Å². The third-order valence-electron chi connectivity index (χ3n) is 3.09. The molecule has 1 saturated heterocycles. The van der Waals surface area contributed by atoms with E-state index in [1.54, 1.807) is 0 Å². The zero-order chi connectivity index (χ0) is 13.2. The molecule has 4 nitrogen and oxygen atoms in total. The van der Waals surface area contributed by atoms with E-state index in [1.165, 1.54) is 0 Å². The van der Waals surface area contributed by atoms with Crippen molar-refractivity contribution in [3.63, 3.8) is 0 Å². The van der Waals surface area contributed by atoms with Gasteiger partial charge < -0.3 is 10.0 Å². The number of halogens is 1. The van der Waals surface area contributed by atoms with E-state index in [9.17, 15) is 8.42 Å². The molecule has 100 valence electrons. The van der Waals surface area contributed by atoms with Crippen molar-refractivity contribution in [2.75, 3.05) is 29.5 Å². The van der Waals surface area contributed by atoms with Gasteiger partial charge in [0.05, 0.1) is 23.8 Å². The van der Waals surface area contributed by atoms with Crippen molar-refractivity contribution < 1.29 is 13.5 Å². The van der Waals surface area contributed by atoms with Gasteiger partial charge in [-0.05, 0) is 40.0 Å². The van der Waals surface area contributed by atoms with Crippen LogP contribution in [0.3, 0.4) is 0 Å². The molecule has 2 rings (SSSR count). The van der Waals surface area contributed by atoms with Crippen LogP contribution in [0.2, 0.25) is 0 Å². The number of sulfone groups is 1. The summed E-state index contributed by atoms with van der Waals surface area (Å²) < 4.78 is 24.0. The van der Waals surface area contributed by atoms with Crippen LogP contribution in [0.1, 0.15) is 12.0 Å². The van der Waals surface area contributed by atoms with Gasteiger partial charge in [-0.3, -0.25) is 0 Å². The summed E-state index contributed by atoms with van der Waals surface area (Å²) >= 11 is 3.48. The van der Waals surface area contributed by atoms with E-state index in [2.05, 4.69) is 20.8 Å². The predicted octanol–water partition coefficient (Wildman–Crippen LogP) is 1.57. The Morgan fingerprint density at radius 3 is 2.72 bits per heavy atom. The van der Waals surface area contributed by atoms with Crippen LogP contribution in [-0.2, 0) is 16.4 Å². The molecule has 0 radical (unpaired) electrons. The molecule has 1 fully saturated rings. The smallest absolute Gasteiger partial charge is 0.152 e. The van der Waals surface area contributed by atoms with Gasteiger partial charge in [0.1, 0.15) is 0 Å². The van der Waals surface area contributed by atoms with Gasteiger partial charge in [0.2, 0.25) is 0 Å². The number of aliphatic hydroxyl groups is 1. The maximum Gasteiger partial charge on any atom is 0.152 e. The summed E-state index contributed by atoms with van der Waals surface area (Å²) in [6.45, 7) is 1.28. The van der Waals surface area contributed by atoms with Crippen molar-refractivity contribution >= 4 is 31.5 Å². The molecule has 0 spiro atoms. The number of aliphatic hydroxyl groups excluding tert-OH is 1. The molecule has 0 aliphatic carbocycles. The van der Waals surface area contributed by atoms with Gasteiger partial charge in [-0.25, -0.2) is 8.42 Å². The van der Waals surface area contributed by atoms with Gasteiger partial charge >= 0.3 is 0 Å². The summed E-state index contributed by atoms with van der Waals surface area (Å²) in [6.07, 6.45) is 0.663. The number of nitrogens with zero attached hydrogens (tertiary/aromatic N) is 1. The summed E-state index contributed by atoms with van der Waals surface area (Å²) in [5.74, 6) is 0.483. The highest BCUT2D eigenvalue weighted by molar-refractivity contribution is 9.10.